The molecule has 2 aromatic heterocycles. The summed E-state index contributed by atoms with van der Waals surface area (Å²) in [6, 6.07) is 11.2. The first-order valence-electron chi connectivity index (χ1n) is 8.17. The van der Waals surface area contributed by atoms with Gasteiger partial charge in [-0.2, -0.15) is 0 Å². The van der Waals surface area contributed by atoms with Gasteiger partial charge in [0.25, 0.3) is 10.9 Å². The van der Waals surface area contributed by atoms with E-state index < -0.39 is 4.92 Å². The van der Waals surface area contributed by atoms with Crippen molar-refractivity contribution in [3.8, 4) is 11.3 Å². The van der Waals surface area contributed by atoms with Crippen molar-refractivity contribution in [2.75, 3.05) is 11.1 Å². The molecule has 0 unspecified atom stereocenters. The van der Waals surface area contributed by atoms with E-state index in [1.165, 1.54) is 35.2 Å². The van der Waals surface area contributed by atoms with Gasteiger partial charge in [0.1, 0.15) is 5.52 Å². The Morgan fingerprint density at radius 2 is 2.03 bits per heavy atom. The Morgan fingerprint density at radius 1 is 1.24 bits per heavy atom. The second-order valence-electron chi connectivity index (χ2n) is 5.77. The van der Waals surface area contributed by atoms with E-state index >= 15 is 0 Å². The van der Waals surface area contributed by atoms with Gasteiger partial charge >= 0.3 is 0 Å². The minimum Gasteiger partial charge on any atom is -0.431 e. The molecule has 0 saturated heterocycles. The Hall–Kier alpha value is -2.95. The fraction of sp³-hybridized carbons (Fsp3) is 0.0556. The molecule has 0 fully saturated rings. The van der Waals surface area contributed by atoms with Crippen LogP contribution in [0.15, 0.2) is 57.5 Å². The molecule has 146 valence electrons. The van der Waals surface area contributed by atoms with Crippen molar-refractivity contribution < 1.29 is 14.1 Å². The van der Waals surface area contributed by atoms with Crippen molar-refractivity contribution in [1.82, 2.24) is 9.97 Å². The predicted molar refractivity (Wildman–Crippen MR) is 113 cm³/mol. The lowest BCUT2D eigenvalue weighted by atomic mass is 10.1. The molecule has 2 heterocycles. The van der Waals surface area contributed by atoms with Crippen LogP contribution in [0.2, 0.25) is 5.02 Å². The number of rotatable bonds is 6. The Morgan fingerprint density at radius 3 is 2.79 bits per heavy atom. The second-order valence-corrected chi connectivity index (χ2v) is 7.99. The fourth-order valence-electron chi connectivity index (χ4n) is 2.44. The zero-order valence-corrected chi connectivity index (χ0v) is 16.9. The van der Waals surface area contributed by atoms with Gasteiger partial charge in [0.15, 0.2) is 10.7 Å². The van der Waals surface area contributed by atoms with Crippen LogP contribution in [0, 0.1) is 10.1 Å². The molecule has 0 aliphatic rings. The van der Waals surface area contributed by atoms with Gasteiger partial charge in [-0.05, 0) is 30.3 Å². The molecule has 0 radical (unpaired) electrons. The lowest BCUT2D eigenvalue weighted by molar-refractivity contribution is -0.384. The highest BCUT2D eigenvalue weighted by molar-refractivity contribution is 7.99. The molecular formula is C18H11ClN4O4S2. The summed E-state index contributed by atoms with van der Waals surface area (Å²) in [6.07, 6.45) is 0. The Balaban J connectivity index is 1.36. The Labute approximate surface area is 177 Å². The number of aromatic nitrogens is 2. The van der Waals surface area contributed by atoms with Gasteiger partial charge in [-0.15, -0.1) is 11.3 Å². The SMILES string of the molecule is O=C(CSc1nc2cc(Cl)ccc2o1)Nc1nc(-c2ccc([N+](=O)[O-])cc2)cs1. The Bertz CT molecular complexity index is 1210. The zero-order chi connectivity index (χ0) is 20.4. The molecule has 11 heteroatoms. The number of halogens is 1. The molecule has 4 aromatic rings. The van der Waals surface area contributed by atoms with E-state index in [4.69, 9.17) is 16.0 Å². The van der Waals surface area contributed by atoms with Crippen molar-refractivity contribution in [2.24, 2.45) is 0 Å². The molecule has 0 aliphatic heterocycles. The standard InChI is InChI=1S/C18H11ClN4O4S2/c19-11-3-6-15-13(7-11)21-18(27-15)29-9-16(24)22-17-20-14(8-28-17)10-1-4-12(5-2-10)23(25)26/h1-8H,9H2,(H,20,22,24). The van der Waals surface area contributed by atoms with Crippen molar-refractivity contribution in [3.63, 3.8) is 0 Å². The number of anilines is 1. The van der Waals surface area contributed by atoms with E-state index in [9.17, 15) is 14.9 Å². The summed E-state index contributed by atoms with van der Waals surface area (Å²) in [6.45, 7) is 0. The average molecular weight is 447 g/mol. The van der Waals surface area contributed by atoms with Crippen LogP contribution < -0.4 is 5.32 Å². The van der Waals surface area contributed by atoms with Gasteiger partial charge in [-0.3, -0.25) is 14.9 Å². The predicted octanol–water partition coefficient (Wildman–Crippen LogP) is 5.24. The summed E-state index contributed by atoms with van der Waals surface area (Å²) >= 11 is 8.36. The number of fused-ring (bicyclic) bond motifs is 1. The summed E-state index contributed by atoms with van der Waals surface area (Å²) in [7, 11) is 0. The molecule has 0 bridgehead atoms. The maximum atomic E-state index is 12.2. The number of thioether (sulfide) groups is 1. The lowest BCUT2D eigenvalue weighted by Crippen LogP contribution is -2.13. The third kappa shape index (κ3) is 4.56. The summed E-state index contributed by atoms with van der Waals surface area (Å²) in [5.74, 6) is -0.146. The number of hydrogen-bond donors (Lipinski definition) is 1. The highest BCUT2D eigenvalue weighted by Gasteiger charge is 2.13. The molecule has 1 amide bonds. The van der Waals surface area contributed by atoms with E-state index in [0.717, 1.165) is 5.56 Å². The topological polar surface area (TPSA) is 111 Å². The molecule has 0 aliphatic carbocycles. The third-order valence-corrected chi connectivity index (χ3v) is 5.60. The number of non-ortho nitro benzene ring substituents is 1. The molecule has 1 N–H and O–H groups in total. The number of carbonyl (C=O) groups is 1. The number of nitrogens with zero attached hydrogens (tertiary/aromatic N) is 3. The summed E-state index contributed by atoms with van der Waals surface area (Å²) in [4.78, 5) is 31.1. The van der Waals surface area contributed by atoms with Crippen LogP contribution in [0.4, 0.5) is 10.8 Å². The highest BCUT2D eigenvalue weighted by atomic mass is 35.5. The number of thiazole rings is 1. The van der Waals surface area contributed by atoms with Crippen LogP contribution in [0.25, 0.3) is 22.4 Å². The summed E-state index contributed by atoms with van der Waals surface area (Å²) < 4.78 is 5.56. The molecule has 4 rings (SSSR count). The molecule has 2 aromatic carbocycles. The van der Waals surface area contributed by atoms with Gasteiger partial charge in [0.05, 0.1) is 16.4 Å². The van der Waals surface area contributed by atoms with Crippen LogP contribution in [0.3, 0.4) is 0 Å². The van der Waals surface area contributed by atoms with Gasteiger partial charge in [0.2, 0.25) is 5.91 Å². The van der Waals surface area contributed by atoms with Gasteiger partial charge in [0, 0.05) is 28.1 Å². The number of nitrogens with one attached hydrogen (secondary N) is 1. The van der Waals surface area contributed by atoms with Crippen LogP contribution in [0.1, 0.15) is 0 Å². The van der Waals surface area contributed by atoms with E-state index in [1.54, 1.807) is 35.7 Å². The second kappa shape index (κ2) is 8.19. The van der Waals surface area contributed by atoms with Crippen molar-refractivity contribution >= 4 is 62.5 Å². The molecule has 0 atom stereocenters. The van der Waals surface area contributed by atoms with E-state index in [0.29, 0.717) is 32.2 Å². The van der Waals surface area contributed by atoms with Crippen LogP contribution in [-0.2, 0) is 4.79 Å². The molecule has 0 spiro atoms. The fourth-order valence-corrected chi connectivity index (χ4v) is 3.98. The first kappa shape index (κ1) is 19.4. The Kier molecular flexibility index (Phi) is 5.47. The minimum absolute atomic E-state index is 0.0102. The zero-order valence-electron chi connectivity index (χ0n) is 14.5. The van der Waals surface area contributed by atoms with Crippen molar-refractivity contribution in [1.29, 1.82) is 0 Å². The summed E-state index contributed by atoms with van der Waals surface area (Å²) in [5, 5.41) is 16.6. The summed E-state index contributed by atoms with van der Waals surface area (Å²) in [5.41, 5.74) is 2.60. The average Bonchev–Trinajstić information content (AvgIpc) is 3.32. The number of carbonyl (C=O) groups excluding carboxylic acids is 1. The number of oxazole rings is 1. The maximum absolute atomic E-state index is 12.2. The van der Waals surface area contributed by atoms with E-state index in [2.05, 4.69) is 15.3 Å². The number of benzene rings is 2. The lowest BCUT2D eigenvalue weighted by Gasteiger charge is -1.99. The number of nitro groups is 1. The largest absolute Gasteiger partial charge is 0.431 e. The normalized spacial score (nSPS) is 10.9. The quantitative estimate of drug-likeness (QED) is 0.245. The van der Waals surface area contributed by atoms with Gasteiger partial charge in [-0.1, -0.05) is 23.4 Å². The highest BCUT2D eigenvalue weighted by Crippen LogP contribution is 2.28. The molecular weight excluding hydrogens is 436 g/mol. The molecule has 8 nitrogen and oxygen atoms in total. The van der Waals surface area contributed by atoms with Gasteiger partial charge in [-0.25, -0.2) is 9.97 Å². The monoisotopic (exact) mass is 446 g/mol. The first-order valence-corrected chi connectivity index (χ1v) is 10.4. The number of amides is 1. The van der Waals surface area contributed by atoms with Crippen molar-refractivity contribution in [3.05, 3.63) is 63.0 Å². The molecule has 29 heavy (non-hydrogen) atoms. The van der Waals surface area contributed by atoms with E-state index in [-0.39, 0.29) is 17.3 Å². The van der Waals surface area contributed by atoms with Gasteiger partial charge < -0.3 is 9.73 Å². The minimum atomic E-state index is -0.459. The van der Waals surface area contributed by atoms with Crippen LogP contribution in [0.5, 0.6) is 0 Å². The number of nitro benzene ring substituents is 1. The maximum Gasteiger partial charge on any atom is 0.269 e. The smallest absolute Gasteiger partial charge is 0.269 e. The first-order chi connectivity index (χ1) is 14.0. The number of hydrogen-bond acceptors (Lipinski definition) is 8. The van der Waals surface area contributed by atoms with Crippen LogP contribution in [-0.4, -0.2) is 26.6 Å². The molecule has 0 saturated carbocycles. The van der Waals surface area contributed by atoms with E-state index in [1.807, 2.05) is 0 Å². The third-order valence-electron chi connectivity index (χ3n) is 3.78. The van der Waals surface area contributed by atoms with Crippen molar-refractivity contribution in [2.45, 2.75) is 5.22 Å². The van der Waals surface area contributed by atoms with Crippen LogP contribution >= 0.6 is 34.7 Å².